The van der Waals surface area contributed by atoms with Crippen molar-refractivity contribution < 1.29 is 14.6 Å². The van der Waals surface area contributed by atoms with E-state index < -0.39 is 5.60 Å². The number of rotatable bonds is 6. The lowest BCUT2D eigenvalue weighted by molar-refractivity contribution is 0.0785. The van der Waals surface area contributed by atoms with Crippen molar-refractivity contribution in [2.75, 3.05) is 11.9 Å². The first-order valence-corrected chi connectivity index (χ1v) is 10.4. The van der Waals surface area contributed by atoms with Gasteiger partial charge in [-0.1, -0.05) is 12.1 Å². The Labute approximate surface area is 185 Å². The Morgan fingerprint density at radius 2 is 1.91 bits per heavy atom. The van der Waals surface area contributed by atoms with E-state index in [1.165, 1.54) is 0 Å². The number of pyridine rings is 1. The van der Waals surface area contributed by atoms with E-state index in [9.17, 15) is 9.90 Å². The molecule has 0 unspecified atom stereocenters. The maximum absolute atomic E-state index is 12.8. The van der Waals surface area contributed by atoms with Gasteiger partial charge < -0.3 is 15.2 Å². The second-order valence-corrected chi connectivity index (χ2v) is 7.99. The molecule has 3 aromatic heterocycles. The van der Waals surface area contributed by atoms with E-state index in [2.05, 4.69) is 20.4 Å². The average molecular weight is 431 g/mol. The predicted octanol–water partition coefficient (Wildman–Crippen LogP) is 3.98. The molecule has 4 rings (SSSR count). The van der Waals surface area contributed by atoms with Crippen molar-refractivity contribution in [1.29, 1.82) is 0 Å². The molecule has 0 radical (unpaired) electrons. The Morgan fingerprint density at radius 3 is 2.53 bits per heavy atom. The fraction of sp³-hybridized carbons (Fsp3) is 0.250. The maximum atomic E-state index is 12.8. The molecular formula is C24H25N5O3. The number of aromatic nitrogens is 4. The van der Waals surface area contributed by atoms with E-state index in [0.717, 1.165) is 22.5 Å². The number of ether oxygens (including phenoxy) is 1. The van der Waals surface area contributed by atoms with E-state index >= 15 is 0 Å². The largest absolute Gasteiger partial charge is 0.478 e. The van der Waals surface area contributed by atoms with Gasteiger partial charge in [0.25, 0.3) is 5.91 Å². The van der Waals surface area contributed by atoms with Crippen LogP contribution >= 0.6 is 0 Å². The van der Waals surface area contributed by atoms with Crippen molar-refractivity contribution in [3.05, 3.63) is 71.5 Å². The van der Waals surface area contributed by atoms with Gasteiger partial charge in [-0.15, -0.1) is 0 Å². The van der Waals surface area contributed by atoms with Crippen LogP contribution in [0.3, 0.4) is 0 Å². The molecule has 8 nitrogen and oxygen atoms in total. The standard InChI is InChI=1S/C24H25N5O3/c1-5-32-22-11-8-17(14-25-22)19-13-20(26-21-12-15(2)28-29(19)21)27-23(30)16-6-9-18(10-7-16)24(3,4)31/h6-14,31H,5H2,1-4H3,(H,26,27,30). The van der Waals surface area contributed by atoms with Crippen LogP contribution in [-0.4, -0.2) is 37.2 Å². The van der Waals surface area contributed by atoms with Crippen LogP contribution in [0.5, 0.6) is 5.88 Å². The number of anilines is 1. The minimum Gasteiger partial charge on any atom is -0.478 e. The number of amides is 1. The lowest BCUT2D eigenvalue weighted by atomic mass is 9.97. The van der Waals surface area contributed by atoms with E-state index in [1.807, 2.05) is 26.0 Å². The second kappa shape index (κ2) is 8.39. The van der Waals surface area contributed by atoms with Gasteiger partial charge in [0.15, 0.2) is 5.65 Å². The van der Waals surface area contributed by atoms with Crippen molar-refractivity contribution >= 4 is 17.4 Å². The zero-order valence-corrected chi connectivity index (χ0v) is 18.5. The van der Waals surface area contributed by atoms with Gasteiger partial charge in [-0.05, 0) is 51.5 Å². The molecule has 164 valence electrons. The van der Waals surface area contributed by atoms with Crippen molar-refractivity contribution in [2.45, 2.75) is 33.3 Å². The molecule has 1 amide bonds. The number of carbonyl (C=O) groups is 1. The molecule has 0 atom stereocenters. The number of hydrogen-bond acceptors (Lipinski definition) is 6. The normalized spacial score (nSPS) is 11.5. The van der Waals surface area contributed by atoms with E-state index in [-0.39, 0.29) is 5.91 Å². The average Bonchev–Trinajstić information content (AvgIpc) is 3.13. The Hall–Kier alpha value is -3.78. The van der Waals surface area contributed by atoms with Gasteiger partial charge in [-0.25, -0.2) is 14.5 Å². The van der Waals surface area contributed by atoms with Crippen LogP contribution in [0, 0.1) is 6.92 Å². The molecule has 32 heavy (non-hydrogen) atoms. The molecule has 8 heteroatoms. The number of aryl methyl sites for hydroxylation is 1. The van der Waals surface area contributed by atoms with Gasteiger partial charge >= 0.3 is 0 Å². The molecule has 0 saturated heterocycles. The summed E-state index contributed by atoms with van der Waals surface area (Å²) in [7, 11) is 0. The molecule has 1 aromatic carbocycles. The van der Waals surface area contributed by atoms with Gasteiger partial charge in [-0.2, -0.15) is 5.10 Å². The molecule has 0 aliphatic carbocycles. The summed E-state index contributed by atoms with van der Waals surface area (Å²) >= 11 is 0. The lowest BCUT2D eigenvalue weighted by Crippen LogP contribution is -2.17. The molecule has 0 aliphatic heterocycles. The third-order valence-corrected chi connectivity index (χ3v) is 4.97. The summed E-state index contributed by atoms with van der Waals surface area (Å²) in [5.41, 5.74) is 3.20. The van der Waals surface area contributed by atoms with E-state index in [4.69, 9.17) is 4.74 Å². The fourth-order valence-corrected chi connectivity index (χ4v) is 3.34. The summed E-state index contributed by atoms with van der Waals surface area (Å²) in [5, 5.41) is 17.5. The fourth-order valence-electron chi connectivity index (χ4n) is 3.34. The van der Waals surface area contributed by atoms with Crippen LogP contribution in [0.15, 0.2) is 54.7 Å². The Balaban J connectivity index is 1.66. The van der Waals surface area contributed by atoms with E-state index in [1.54, 1.807) is 61.0 Å². The first kappa shape index (κ1) is 21.5. The van der Waals surface area contributed by atoms with Crippen LogP contribution in [0.25, 0.3) is 16.9 Å². The molecule has 4 aromatic rings. The van der Waals surface area contributed by atoms with Gasteiger partial charge in [0.1, 0.15) is 5.82 Å². The maximum Gasteiger partial charge on any atom is 0.256 e. The molecular weight excluding hydrogens is 406 g/mol. The Bertz CT molecular complexity index is 1260. The first-order chi connectivity index (χ1) is 15.2. The highest BCUT2D eigenvalue weighted by Gasteiger charge is 2.17. The zero-order chi connectivity index (χ0) is 22.9. The van der Waals surface area contributed by atoms with E-state index in [0.29, 0.717) is 29.5 Å². The quantitative estimate of drug-likeness (QED) is 0.479. The topological polar surface area (TPSA) is 102 Å². The molecule has 0 bridgehead atoms. The Kier molecular flexibility index (Phi) is 5.63. The highest BCUT2D eigenvalue weighted by atomic mass is 16.5. The number of fused-ring (bicyclic) bond motifs is 1. The van der Waals surface area contributed by atoms with Crippen LogP contribution in [-0.2, 0) is 5.60 Å². The SMILES string of the molecule is CCOc1ccc(-c2cc(NC(=O)c3ccc(C(C)(C)O)cc3)nc3cc(C)nn23)cn1. The number of nitrogens with zero attached hydrogens (tertiary/aromatic N) is 4. The summed E-state index contributed by atoms with van der Waals surface area (Å²) in [5.74, 6) is 0.648. The minimum atomic E-state index is -0.970. The monoisotopic (exact) mass is 431 g/mol. The third-order valence-electron chi connectivity index (χ3n) is 4.97. The number of carbonyl (C=O) groups excluding carboxylic acids is 1. The highest BCUT2D eigenvalue weighted by Crippen LogP contribution is 2.25. The number of hydrogen-bond donors (Lipinski definition) is 2. The molecule has 3 heterocycles. The van der Waals surface area contributed by atoms with Gasteiger partial charge in [-0.3, -0.25) is 4.79 Å². The number of benzene rings is 1. The molecule has 0 aliphatic rings. The number of nitrogens with one attached hydrogen (secondary N) is 1. The van der Waals surface area contributed by atoms with Gasteiger partial charge in [0.2, 0.25) is 5.88 Å². The van der Waals surface area contributed by atoms with Crippen molar-refractivity contribution in [3.8, 4) is 17.1 Å². The second-order valence-electron chi connectivity index (χ2n) is 7.99. The molecule has 0 saturated carbocycles. The van der Waals surface area contributed by atoms with Crippen LogP contribution in [0.1, 0.15) is 42.4 Å². The summed E-state index contributed by atoms with van der Waals surface area (Å²) in [6, 6.07) is 14.1. The zero-order valence-electron chi connectivity index (χ0n) is 18.5. The lowest BCUT2D eigenvalue weighted by Gasteiger charge is -2.17. The van der Waals surface area contributed by atoms with Crippen molar-refractivity contribution in [2.24, 2.45) is 0 Å². The summed E-state index contributed by atoms with van der Waals surface area (Å²) in [6.45, 7) is 7.73. The van der Waals surface area contributed by atoms with Crippen molar-refractivity contribution in [1.82, 2.24) is 19.6 Å². The predicted molar refractivity (Wildman–Crippen MR) is 122 cm³/mol. The Morgan fingerprint density at radius 1 is 1.16 bits per heavy atom. The molecule has 0 spiro atoms. The third kappa shape index (κ3) is 4.45. The minimum absolute atomic E-state index is 0.295. The van der Waals surface area contributed by atoms with Gasteiger partial charge in [0, 0.05) is 35.5 Å². The van der Waals surface area contributed by atoms with Crippen molar-refractivity contribution in [3.63, 3.8) is 0 Å². The van der Waals surface area contributed by atoms with Crippen LogP contribution < -0.4 is 10.1 Å². The summed E-state index contributed by atoms with van der Waals surface area (Å²) in [4.78, 5) is 21.7. The molecule has 0 fully saturated rings. The summed E-state index contributed by atoms with van der Waals surface area (Å²) < 4.78 is 7.15. The van der Waals surface area contributed by atoms with Gasteiger partial charge in [0.05, 0.1) is 23.6 Å². The molecule has 2 N–H and O–H groups in total. The summed E-state index contributed by atoms with van der Waals surface area (Å²) in [6.07, 6.45) is 1.71. The van der Waals surface area contributed by atoms with Crippen LogP contribution in [0.4, 0.5) is 5.82 Å². The smallest absolute Gasteiger partial charge is 0.256 e. The van der Waals surface area contributed by atoms with Crippen LogP contribution in [0.2, 0.25) is 0 Å². The highest BCUT2D eigenvalue weighted by molar-refractivity contribution is 6.04. The first-order valence-electron chi connectivity index (χ1n) is 10.4. The number of aliphatic hydroxyl groups is 1.